The lowest BCUT2D eigenvalue weighted by atomic mass is 9.78. The fourth-order valence-electron chi connectivity index (χ4n) is 3.09. The topological polar surface area (TPSA) is 17.1 Å². The molecule has 0 spiro atoms. The monoisotopic (exact) mass is 314 g/mol. The van der Waals surface area contributed by atoms with Gasteiger partial charge in [0.05, 0.1) is 0 Å². The molecule has 1 fully saturated rings. The Kier molecular flexibility index (Phi) is 5.03. The molecule has 1 aromatic carbocycles. The zero-order valence-electron chi connectivity index (χ0n) is 12.5. The highest BCUT2D eigenvalue weighted by Crippen LogP contribution is 2.40. The molecule has 0 radical (unpaired) electrons. The van der Waals surface area contributed by atoms with Crippen molar-refractivity contribution < 1.29 is 13.6 Å². The van der Waals surface area contributed by atoms with E-state index in [0.29, 0.717) is 24.3 Å². The summed E-state index contributed by atoms with van der Waals surface area (Å²) in [7, 11) is 0. The van der Waals surface area contributed by atoms with E-state index in [-0.39, 0.29) is 30.5 Å². The third kappa shape index (κ3) is 4.26. The molecule has 1 atom stereocenters. The molecule has 0 amide bonds. The van der Waals surface area contributed by atoms with Gasteiger partial charge in [0.2, 0.25) is 5.92 Å². The van der Waals surface area contributed by atoms with E-state index in [1.807, 2.05) is 19.1 Å². The summed E-state index contributed by atoms with van der Waals surface area (Å²) in [5.74, 6) is -2.43. The summed E-state index contributed by atoms with van der Waals surface area (Å²) in [6.45, 7) is 3.48. The summed E-state index contributed by atoms with van der Waals surface area (Å²) in [6, 6.07) is 5.61. The van der Waals surface area contributed by atoms with Crippen molar-refractivity contribution in [2.75, 3.05) is 0 Å². The van der Waals surface area contributed by atoms with Crippen molar-refractivity contribution in [3.8, 4) is 0 Å². The van der Waals surface area contributed by atoms with Gasteiger partial charge in [0, 0.05) is 23.8 Å². The maximum Gasteiger partial charge on any atom is 0.248 e. The van der Waals surface area contributed by atoms with Crippen LogP contribution in [0.1, 0.15) is 56.1 Å². The van der Waals surface area contributed by atoms with E-state index in [1.165, 1.54) is 0 Å². The minimum Gasteiger partial charge on any atom is -0.299 e. The molecule has 1 aliphatic rings. The average Bonchev–Trinajstić information content (AvgIpc) is 2.40. The van der Waals surface area contributed by atoms with E-state index in [4.69, 9.17) is 11.6 Å². The van der Waals surface area contributed by atoms with Gasteiger partial charge in [0.1, 0.15) is 5.78 Å². The van der Waals surface area contributed by atoms with E-state index in [0.717, 1.165) is 11.1 Å². The quantitative estimate of drug-likeness (QED) is 0.713. The molecule has 1 unspecified atom stereocenters. The number of rotatable bonds is 4. The maximum absolute atomic E-state index is 13.2. The van der Waals surface area contributed by atoms with Gasteiger partial charge >= 0.3 is 0 Å². The number of hydrogen-bond acceptors (Lipinski definition) is 1. The van der Waals surface area contributed by atoms with E-state index in [9.17, 15) is 13.6 Å². The van der Waals surface area contributed by atoms with Crippen LogP contribution in [-0.2, 0) is 4.79 Å². The third-order valence-electron chi connectivity index (χ3n) is 4.48. The van der Waals surface area contributed by atoms with Crippen molar-refractivity contribution >= 4 is 17.4 Å². The molecule has 0 N–H and O–H groups in total. The zero-order valence-corrected chi connectivity index (χ0v) is 13.2. The van der Waals surface area contributed by atoms with Gasteiger partial charge in [-0.15, -0.1) is 0 Å². The van der Waals surface area contributed by atoms with Crippen LogP contribution < -0.4 is 0 Å². The van der Waals surface area contributed by atoms with Crippen LogP contribution in [0.2, 0.25) is 5.02 Å². The lowest BCUT2D eigenvalue weighted by Gasteiger charge is -2.30. The molecule has 4 heteroatoms. The SMILES string of the molecule is CC(=O)C(CC1CCC(F)(F)CC1)c1ccc(Cl)c(C)c1. The molecule has 0 aliphatic heterocycles. The highest BCUT2D eigenvalue weighted by atomic mass is 35.5. The first-order valence-electron chi connectivity index (χ1n) is 7.43. The van der Waals surface area contributed by atoms with Gasteiger partial charge in [-0.3, -0.25) is 4.79 Å². The Hall–Kier alpha value is -0.960. The fraction of sp³-hybridized carbons (Fsp3) is 0.588. The van der Waals surface area contributed by atoms with Gasteiger partial charge in [-0.05, 0) is 56.2 Å². The number of hydrogen-bond donors (Lipinski definition) is 0. The van der Waals surface area contributed by atoms with Crippen LogP contribution in [0, 0.1) is 12.8 Å². The number of carbonyl (C=O) groups excluding carboxylic acids is 1. The zero-order chi connectivity index (χ0) is 15.6. The van der Waals surface area contributed by atoms with E-state index < -0.39 is 5.92 Å². The first kappa shape index (κ1) is 16.4. The second-order valence-electron chi connectivity index (χ2n) is 6.21. The van der Waals surface area contributed by atoms with E-state index >= 15 is 0 Å². The first-order chi connectivity index (χ1) is 9.78. The number of ketones is 1. The maximum atomic E-state index is 13.2. The molecule has 116 valence electrons. The molecule has 0 bridgehead atoms. The van der Waals surface area contributed by atoms with E-state index in [1.54, 1.807) is 13.0 Å². The van der Waals surface area contributed by atoms with Crippen molar-refractivity contribution in [1.29, 1.82) is 0 Å². The van der Waals surface area contributed by atoms with Crippen LogP contribution in [0.15, 0.2) is 18.2 Å². The fourth-order valence-corrected chi connectivity index (χ4v) is 3.21. The van der Waals surface area contributed by atoms with Gasteiger partial charge in [-0.2, -0.15) is 0 Å². The number of benzene rings is 1. The molecule has 1 aliphatic carbocycles. The largest absolute Gasteiger partial charge is 0.299 e. The molecule has 1 aromatic rings. The van der Waals surface area contributed by atoms with Crippen molar-refractivity contribution in [2.45, 2.75) is 57.8 Å². The van der Waals surface area contributed by atoms with Gasteiger partial charge < -0.3 is 0 Å². The third-order valence-corrected chi connectivity index (χ3v) is 4.90. The van der Waals surface area contributed by atoms with Crippen molar-refractivity contribution in [1.82, 2.24) is 0 Å². The smallest absolute Gasteiger partial charge is 0.248 e. The lowest BCUT2D eigenvalue weighted by Crippen LogP contribution is -2.26. The van der Waals surface area contributed by atoms with Gasteiger partial charge in [-0.25, -0.2) is 8.78 Å². The average molecular weight is 315 g/mol. The predicted molar refractivity (Wildman–Crippen MR) is 81.1 cm³/mol. The predicted octanol–water partition coefficient (Wildman–Crippen LogP) is 5.54. The van der Waals surface area contributed by atoms with Crippen LogP contribution in [0.3, 0.4) is 0 Å². The minimum absolute atomic E-state index is 0.0536. The molecule has 21 heavy (non-hydrogen) atoms. The van der Waals surface area contributed by atoms with Crippen LogP contribution in [0.5, 0.6) is 0 Å². The summed E-state index contributed by atoms with van der Waals surface area (Å²) in [5, 5.41) is 0.679. The van der Waals surface area contributed by atoms with Gasteiger partial charge in [0.15, 0.2) is 0 Å². The number of Topliss-reactive ketones (excluding diaryl/α,β-unsaturated/α-hetero) is 1. The Balaban J connectivity index is 2.09. The number of alkyl halides is 2. The summed E-state index contributed by atoms with van der Waals surface area (Å²) in [5.41, 5.74) is 1.89. The molecule has 1 saturated carbocycles. The second kappa shape index (κ2) is 6.43. The second-order valence-corrected chi connectivity index (χ2v) is 6.61. The molecule has 1 nitrogen and oxygen atoms in total. The Morgan fingerprint density at radius 1 is 1.38 bits per heavy atom. The molecule has 0 aromatic heterocycles. The molecule has 2 rings (SSSR count). The number of carbonyl (C=O) groups is 1. The lowest BCUT2D eigenvalue weighted by molar-refractivity contribution is -0.119. The van der Waals surface area contributed by atoms with Crippen molar-refractivity contribution in [3.63, 3.8) is 0 Å². The number of halogens is 3. The molecule has 0 heterocycles. The Morgan fingerprint density at radius 3 is 2.52 bits per heavy atom. The van der Waals surface area contributed by atoms with E-state index in [2.05, 4.69) is 0 Å². The highest BCUT2D eigenvalue weighted by Gasteiger charge is 2.36. The Labute approximate surface area is 129 Å². The highest BCUT2D eigenvalue weighted by molar-refractivity contribution is 6.31. The summed E-state index contributed by atoms with van der Waals surface area (Å²) >= 11 is 6.02. The summed E-state index contributed by atoms with van der Waals surface area (Å²) in [4.78, 5) is 12.0. The molecular formula is C17H21ClF2O. The van der Waals surface area contributed by atoms with Crippen LogP contribution in [0.25, 0.3) is 0 Å². The van der Waals surface area contributed by atoms with Crippen LogP contribution in [-0.4, -0.2) is 11.7 Å². The molecule has 0 saturated heterocycles. The van der Waals surface area contributed by atoms with Crippen molar-refractivity contribution in [2.24, 2.45) is 5.92 Å². The Morgan fingerprint density at radius 2 is 2.00 bits per heavy atom. The molecular weight excluding hydrogens is 294 g/mol. The minimum atomic E-state index is -2.51. The summed E-state index contributed by atoms with van der Waals surface area (Å²) < 4.78 is 26.4. The standard InChI is InChI=1S/C17H21ClF2O/c1-11-9-14(3-4-16(11)18)15(12(2)21)10-13-5-7-17(19,20)8-6-13/h3-4,9,13,15H,5-8,10H2,1-2H3. The summed E-state index contributed by atoms with van der Waals surface area (Å²) in [6.07, 6.45) is 1.56. The van der Waals surface area contributed by atoms with Gasteiger partial charge in [0.25, 0.3) is 0 Å². The first-order valence-corrected chi connectivity index (χ1v) is 7.80. The Bertz CT molecular complexity index is 518. The van der Waals surface area contributed by atoms with Gasteiger partial charge in [-0.1, -0.05) is 23.7 Å². The van der Waals surface area contributed by atoms with Crippen molar-refractivity contribution in [3.05, 3.63) is 34.3 Å². The van der Waals surface area contributed by atoms with Crippen LogP contribution >= 0.6 is 11.6 Å². The normalized spacial score (nSPS) is 20.2. The van der Waals surface area contributed by atoms with Crippen LogP contribution in [0.4, 0.5) is 8.78 Å². The number of aryl methyl sites for hydroxylation is 1.